The van der Waals surface area contributed by atoms with Crippen LogP contribution in [0, 0.1) is 20.8 Å². The molecule has 1 atom stereocenters. The standard InChI is InChI=1S/C15H17NO/c1-10-5-4-6-13(8-10)15(17)14-12(3)7-11(2)9-16-14/h4-9,15,17H,1-3H3. The van der Waals surface area contributed by atoms with E-state index in [0.29, 0.717) is 0 Å². The summed E-state index contributed by atoms with van der Waals surface area (Å²) in [6.07, 6.45) is 1.15. The molecule has 2 heteroatoms. The van der Waals surface area contributed by atoms with Crippen molar-refractivity contribution in [1.82, 2.24) is 4.98 Å². The van der Waals surface area contributed by atoms with Crippen molar-refractivity contribution in [2.45, 2.75) is 26.9 Å². The summed E-state index contributed by atoms with van der Waals surface area (Å²) in [5.74, 6) is 0. The molecule has 0 radical (unpaired) electrons. The molecule has 1 unspecified atom stereocenters. The summed E-state index contributed by atoms with van der Waals surface area (Å²) in [6.45, 7) is 6.00. The Labute approximate surface area is 102 Å². The minimum absolute atomic E-state index is 0.643. The van der Waals surface area contributed by atoms with Gasteiger partial charge in [-0.2, -0.15) is 0 Å². The van der Waals surface area contributed by atoms with Gasteiger partial charge in [-0.05, 0) is 37.5 Å². The summed E-state index contributed by atoms with van der Waals surface area (Å²) in [5, 5.41) is 10.3. The quantitative estimate of drug-likeness (QED) is 0.855. The normalized spacial score (nSPS) is 12.5. The summed E-state index contributed by atoms with van der Waals surface area (Å²) < 4.78 is 0. The van der Waals surface area contributed by atoms with Crippen LogP contribution in [0.15, 0.2) is 36.5 Å². The first-order valence-electron chi connectivity index (χ1n) is 5.75. The van der Waals surface area contributed by atoms with Crippen LogP contribution >= 0.6 is 0 Å². The summed E-state index contributed by atoms with van der Waals surface area (Å²) in [5.41, 5.74) is 4.92. The van der Waals surface area contributed by atoms with E-state index in [4.69, 9.17) is 0 Å². The third kappa shape index (κ3) is 2.53. The largest absolute Gasteiger partial charge is 0.382 e. The molecule has 2 rings (SSSR count). The number of hydrogen-bond donors (Lipinski definition) is 1. The maximum Gasteiger partial charge on any atom is 0.121 e. The van der Waals surface area contributed by atoms with E-state index in [1.54, 1.807) is 6.20 Å². The molecule has 2 nitrogen and oxygen atoms in total. The van der Waals surface area contributed by atoms with Gasteiger partial charge in [-0.25, -0.2) is 0 Å². The fourth-order valence-electron chi connectivity index (χ4n) is 2.01. The van der Waals surface area contributed by atoms with Gasteiger partial charge >= 0.3 is 0 Å². The lowest BCUT2D eigenvalue weighted by Gasteiger charge is -2.14. The van der Waals surface area contributed by atoms with Crippen LogP contribution in [0.2, 0.25) is 0 Å². The van der Waals surface area contributed by atoms with Gasteiger partial charge in [0.25, 0.3) is 0 Å². The van der Waals surface area contributed by atoms with Crippen molar-refractivity contribution in [2.75, 3.05) is 0 Å². The van der Waals surface area contributed by atoms with Gasteiger partial charge in [0.2, 0.25) is 0 Å². The third-order valence-electron chi connectivity index (χ3n) is 2.87. The lowest BCUT2D eigenvalue weighted by Crippen LogP contribution is -2.05. The van der Waals surface area contributed by atoms with Crippen molar-refractivity contribution in [1.29, 1.82) is 0 Å². The molecule has 0 aliphatic heterocycles. The Hall–Kier alpha value is -1.67. The Balaban J connectivity index is 2.40. The van der Waals surface area contributed by atoms with E-state index < -0.39 is 6.10 Å². The molecule has 0 amide bonds. The molecule has 1 aromatic carbocycles. The summed E-state index contributed by atoms with van der Waals surface area (Å²) in [6, 6.07) is 9.94. The molecule has 1 aromatic heterocycles. The van der Waals surface area contributed by atoms with Crippen LogP contribution in [0.25, 0.3) is 0 Å². The molecule has 0 saturated carbocycles. The topological polar surface area (TPSA) is 33.1 Å². The molecule has 0 aliphatic carbocycles. The Morgan fingerprint density at radius 3 is 2.47 bits per heavy atom. The highest BCUT2D eigenvalue weighted by molar-refractivity contribution is 5.33. The number of aryl methyl sites for hydroxylation is 3. The molecule has 1 N–H and O–H groups in total. The number of hydrogen-bond acceptors (Lipinski definition) is 2. The van der Waals surface area contributed by atoms with Gasteiger partial charge in [-0.1, -0.05) is 35.9 Å². The number of aromatic nitrogens is 1. The predicted molar refractivity (Wildman–Crippen MR) is 69.0 cm³/mol. The SMILES string of the molecule is Cc1cccc(C(O)c2ncc(C)cc2C)c1. The number of aliphatic hydroxyl groups excluding tert-OH is 1. The van der Waals surface area contributed by atoms with E-state index in [-0.39, 0.29) is 0 Å². The molecule has 0 saturated heterocycles. The minimum Gasteiger partial charge on any atom is -0.382 e. The zero-order valence-corrected chi connectivity index (χ0v) is 10.4. The second kappa shape index (κ2) is 4.68. The molecule has 17 heavy (non-hydrogen) atoms. The molecule has 1 heterocycles. The second-order valence-corrected chi connectivity index (χ2v) is 4.53. The molecule has 0 fully saturated rings. The van der Waals surface area contributed by atoms with Crippen LogP contribution in [-0.4, -0.2) is 10.1 Å². The van der Waals surface area contributed by atoms with Gasteiger partial charge < -0.3 is 5.11 Å². The Morgan fingerprint density at radius 2 is 1.82 bits per heavy atom. The van der Waals surface area contributed by atoms with Crippen LogP contribution in [0.5, 0.6) is 0 Å². The fraction of sp³-hybridized carbons (Fsp3) is 0.267. The van der Waals surface area contributed by atoms with E-state index >= 15 is 0 Å². The van der Waals surface area contributed by atoms with Gasteiger partial charge in [-0.15, -0.1) is 0 Å². The van der Waals surface area contributed by atoms with Crippen molar-refractivity contribution in [3.8, 4) is 0 Å². The van der Waals surface area contributed by atoms with Gasteiger partial charge in [0.1, 0.15) is 6.10 Å². The molecule has 0 aliphatic rings. The van der Waals surface area contributed by atoms with E-state index in [1.165, 1.54) is 0 Å². The number of benzene rings is 1. The number of aliphatic hydroxyl groups is 1. The highest BCUT2D eigenvalue weighted by atomic mass is 16.3. The molecule has 0 spiro atoms. The monoisotopic (exact) mass is 227 g/mol. The van der Waals surface area contributed by atoms with E-state index in [1.807, 2.05) is 51.1 Å². The lowest BCUT2D eigenvalue weighted by atomic mass is 10.0. The number of rotatable bonds is 2. The zero-order chi connectivity index (χ0) is 12.4. The summed E-state index contributed by atoms with van der Waals surface area (Å²) >= 11 is 0. The first-order chi connectivity index (χ1) is 8.08. The van der Waals surface area contributed by atoms with Crippen molar-refractivity contribution >= 4 is 0 Å². The third-order valence-corrected chi connectivity index (χ3v) is 2.87. The van der Waals surface area contributed by atoms with E-state index in [2.05, 4.69) is 4.98 Å². The average molecular weight is 227 g/mol. The van der Waals surface area contributed by atoms with Gasteiger partial charge in [-0.3, -0.25) is 4.98 Å². The van der Waals surface area contributed by atoms with Crippen LogP contribution in [0.4, 0.5) is 0 Å². The predicted octanol–water partition coefficient (Wildman–Crippen LogP) is 3.09. The molecular weight excluding hydrogens is 210 g/mol. The van der Waals surface area contributed by atoms with Crippen LogP contribution in [0.1, 0.15) is 34.1 Å². The summed E-state index contributed by atoms with van der Waals surface area (Å²) in [7, 11) is 0. The number of nitrogens with zero attached hydrogens (tertiary/aromatic N) is 1. The van der Waals surface area contributed by atoms with Crippen molar-refractivity contribution in [2.24, 2.45) is 0 Å². The van der Waals surface area contributed by atoms with Crippen molar-refractivity contribution < 1.29 is 5.11 Å². The van der Waals surface area contributed by atoms with E-state index in [9.17, 15) is 5.11 Å². The minimum atomic E-state index is -0.643. The Kier molecular flexibility index (Phi) is 3.25. The maximum atomic E-state index is 10.3. The molecule has 88 valence electrons. The molecule has 0 bridgehead atoms. The average Bonchev–Trinajstić information content (AvgIpc) is 2.28. The summed E-state index contributed by atoms with van der Waals surface area (Å²) in [4.78, 5) is 4.33. The van der Waals surface area contributed by atoms with Gasteiger partial charge in [0.15, 0.2) is 0 Å². The lowest BCUT2D eigenvalue weighted by molar-refractivity contribution is 0.214. The van der Waals surface area contributed by atoms with Crippen LogP contribution < -0.4 is 0 Å². The molecular formula is C15H17NO. The first-order valence-corrected chi connectivity index (χ1v) is 5.75. The second-order valence-electron chi connectivity index (χ2n) is 4.53. The highest BCUT2D eigenvalue weighted by Gasteiger charge is 2.14. The maximum absolute atomic E-state index is 10.3. The smallest absolute Gasteiger partial charge is 0.121 e. The first kappa shape index (κ1) is 11.8. The van der Waals surface area contributed by atoms with Crippen LogP contribution in [0.3, 0.4) is 0 Å². The van der Waals surface area contributed by atoms with Crippen molar-refractivity contribution in [3.63, 3.8) is 0 Å². The van der Waals surface area contributed by atoms with E-state index in [0.717, 1.165) is 27.9 Å². The van der Waals surface area contributed by atoms with Gasteiger partial charge in [0.05, 0.1) is 5.69 Å². The fourth-order valence-corrected chi connectivity index (χ4v) is 2.01. The van der Waals surface area contributed by atoms with Gasteiger partial charge in [0, 0.05) is 6.20 Å². The Bertz CT molecular complexity index is 534. The zero-order valence-electron chi connectivity index (χ0n) is 10.4. The highest BCUT2D eigenvalue weighted by Crippen LogP contribution is 2.23. The molecule has 2 aromatic rings. The van der Waals surface area contributed by atoms with Crippen LogP contribution in [-0.2, 0) is 0 Å². The van der Waals surface area contributed by atoms with Crippen molar-refractivity contribution in [3.05, 3.63) is 64.5 Å². The Morgan fingerprint density at radius 1 is 1.06 bits per heavy atom. The number of pyridine rings is 1.